The van der Waals surface area contributed by atoms with Gasteiger partial charge in [0.15, 0.2) is 17.2 Å². The summed E-state index contributed by atoms with van der Waals surface area (Å²) in [7, 11) is -4.85. The van der Waals surface area contributed by atoms with Crippen LogP contribution >= 0.6 is 7.82 Å². The Morgan fingerprint density at radius 3 is 2.73 bits per heavy atom. The Bertz CT molecular complexity index is 899. The molecule has 26 heavy (non-hydrogen) atoms. The van der Waals surface area contributed by atoms with Crippen molar-refractivity contribution >= 4 is 30.6 Å². The summed E-state index contributed by atoms with van der Waals surface area (Å²) >= 11 is 0. The number of aromatic nitrogens is 4. The highest BCUT2D eigenvalue weighted by molar-refractivity contribution is 7.46. The van der Waals surface area contributed by atoms with Crippen LogP contribution in [0.1, 0.15) is 6.92 Å². The van der Waals surface area contributed by atoms with Crippen LogP contribution < -0.4 is 5.73 Å². The fraction of sp³-hybridized carbons (Fsp3) is 0.500. The molecule has 2 aromatic rings. The van der Waals surface area contributed by atoms with Gasteiger partial charge in [0.2, 0.25) is 5.72 Å². The van der Waals surface area contributed by atoms with Crippen LogP contribution in [0.5, 0.6) is 0 Å². The zero-order valence-corrected chi connectivity index (χ0v) is 14.2. The summed E-state index contributed by atoms with van der Waals surface area (Å²) < 4.78 is 21.8. The number of hydrogen-bond donors (Lipinski definition) is 5. The summed E-state index contributed by atoms with van der Waals surface area (Å²) in [6.07, 6.45) is -2.62. The molecule has 0 bridgehead atoms. The first-order valence-corrected chi connectivity index (χ1v) is 8.80. The molecule has 3 rings (SSSR count). The fourth-order valence-corrected chi connectivity index (χ4v) is 3.21. The lowest BCUT2D eigenvalue weighted by atomic mass is 9.99. The Hall–Kier alpha value is -1.99. The minimum absolute atomic E-state index is 0.0295. The van der Waals surface area contributed by atoms with Gasteiger partial charge < -0.3 is 30.5 Å². The van der Waals surface area contributed by atoms with Crippen molar-refractivity contribution in [1.82, 2.24) is 19.5 Å². The van der Waals surface area contributed by atoms with E-state index in [9.17, 15) is 19.6 Å². The van der Waals surface area contributed by atoms with E-state index in [1.807, 2.05) is 0 Å². The first kappa shape index (κ1) is 18.8. The zero-order chi connectivity index (χ0) is 19.3. The molecular formula is C12H16N5O8P. The summed E-state index contributed by atoms with van der Waals surface area (Å²) in [5.41, 5.74) is 3.77. The van der Waals surface area contributed by atoms with Gasteiger partial charge in [0.1, 0.15) is 36.5 Å². The maximum Gasteiger partial charge on any atom is 0.469 e. The molecule has 0 saturated carbocycles. The Morgan fingerprint density at radius 2 is 2.12 bits per heavy atom. The van der Waals surface area contributed by atoms with Gasteiger partial charge in [-0.25, -0.2) is 19.5 Å². The molecule has 0 amide bonds. The SMILES string of the molecule is CC(=O)[C@@]1(n2cnc3c(N)ncnc32)O[C@H](COP(=O)(O)O)[C@@H](O)[C@H]1O. The first-order valence-electron chi connectivity index (χ1n) is 7.27. The number of ketones is 1. The number of phosphoric acid groups is 1. The maximum absolute atomic E-state index is 12.4. The number of anilines is 1. The van der Waals surface area contributed by atoms with Crippen molar-refractivity contribution in [3.05, 3.63) is 12.7 Å². The molecule has 1 aliphatic rings. The number of aliphatic hydroxyl groups excluding tert-OH is 2. The van der Waals surface area contributed by atoms with Crippen LogP contribution in [-0.2, 0) is 24.3 Å². The molecule has 1 aliphatic heterocycles. The van der Waals surface area contributed by atoms with Crippen LogP contribution in [-0.4, -0.2) is 70.2 Å². The third kappa shape index (κ3) is 2.89. The van der Waals surface area contributed by atoms with Crippen molar-refractivity contribution in [2.75, 3.05) is 12.3 Å². The number of carbonyl (C=O) groups excluding carboxylic acids is 1. The molecule has 0 aromatic carbocycles. The largest absolute Gasteiger partial charge is 0.469 e. The van der Waals surface area contributed by atoms with Gasteiger partial charge in [-0.05, 0) is 6.92 Å². The smallest absolute Gasteiger partial charge is 0.387 e. The lowest BCUT2D eigenvalue weighted by Gasteiger charge is -2.30. The van der Waals surface area contributed by atoms with E-state index in [1.54, 1.807) is 0 Å². The van der Waals surface area contributed by atoms with Gasteiger partial charge in [0.25, 0.3) is 0 Å². The molecule has 1 fully saturated rings. The number of hydrogen-bond acceptors (Lipinski definition) is 10. The highest BCUT2D eigenvalue weighted by Crippen LogP contribution is 2.41. The number of nitrogen functional groups attached to an aromatic ring is 1. The van der Waals surface area contributed by atoms with Crippen LogP contribution in [0, 0.1) is 0 Å². The summed E-state index contributed by atoms with van der Waals surface area (Å²) in [6, 6.07) is 0. The van der Waals surface area contributed by atoms with E-state index in [0.29, 0.717) is 0 Å². The van der Waals surface area contributed by atoms with Crippen molar-refractivity contribution < 1.29 is 38.6 Å². The molecule has 6 N–H and O–H groups in total. The van der Waals surface area contributed by atoms with E-state index in [2.05, 4.69) is 19.5 Å². The predicted molar refractivity (Wildman–Crippen MR) is 83.3 cm³/mol. The van der Waals surface area contributed by atoms with Crippen molar-refractivity contribution in [3.63, 3.8) is 0 Å². The highest BCUT2D eigenvalue weighted by Gasteiger charge is 2.59. The van der Waals surface area contributed by atoms with E-state index < -0.39 is 44.2 Å². The van der Waals surface area contributed by atoms with Crippen molar-refractivity contribution in [2.24, 2.45) is 0 Å². The monoisotopic (exact) mass is 389 g/mol. The number of Topliss-reactive ketones (excluding diaryl/α,β-unsaturated/α-hetero) is 1. The van der Waals surface area contributed by atoms with E-state index >= 15 is 0 Å². The summed E-state index contributed by atoms with van der Waals surface area (Å²) in [4.78, 5) is 41.7. The molecular weight excluding hydrogens is 373 g/mol. The van der Waals surface area contributed by atoms with Crippen molar-refractivity contribution in [2.45, 2.75) is 31.0 Å². The van der Waals surface area contributed by atoms with Gasteiger partial charge in [-0.3, -0.25) is 13.9 Å². The minimum atomic E-state index is -4.85. The van der Waals surface area contributed by atoms with Gasteiger partial charge in [-0.1, -0.05) is 0 Å². The maximum atomic E-state index is 12.4. The molecule has 13 nitrogen and oxygen atoms in total. The van der Waals surface area contributed by atoms with Gasteiger partial charge in [-0.15, -0.1) is 0 Å². The fourth-order valence-electron chi connectivity index (χ4n) is 2.86. The van der Waals surface area contributed by atoms with E-state index in [-0.39, 0.29) is 17.0 Å². The topological polar surface area (TPSA) is 203 Å². The van der Waals surface area contributed by atoms with Crippen molar-refractivity contribution in [3.8, 4) is 0 Å². The molecule has 4 atom stereocenters. The second kappa shape index (κ2) is 6.32. The molecule has 0 unspecified atom stereocenters. The summed E-state index contributed by atoms with van der Waals surface area (Å²) in [5.74, 6) is -0.680. The molecule has 0 spiro atoms. The van der Waals surface area contributed by atoms with Crippen LogP contribution in [0.25, 0.3) is 11.2 Å². The Kier molecular flexibility index (Phi) is 4.56. The van der Waals surface area contributed by atoms with Crippen LogP contribution in [0.4, 0.5) is 5.82 Å². The number of rotatable bonds is 5. The second-order valence-electron chi connectivity index (χ2n) is 5.68. The van der Waals surface area contributed by atoms with Gasteiger partial charge in [0.05, 0.1) is 6.61 Å². The third-order valence-corrected chi connectivity index (χ3v) is 4.55. The average Bonchev–Trinajstić information content (AvgIpc) is 3.08. The number of fused-ring (bicyclic) bond motifs is 1. The average molecular weight is 389 g/mol. The summed E-state index contributed by atoms with van der Waals surface area (Å²) in [6.45, 7) is 0.347. The predicted octanol–water partition coefficient (Wildman–Crippen LogP) is -2.12. The van der Waals surface area contributed by atoms with Crippen LogP contribution in [0.2, 0.25) is 0 Å². The molecule has 0 aliphatic carbocycles. The number of nitrogens with zero attached hydrogens (tertiary/aromatic N) is 4. The van der Waals surface area contributed by atoms with E-state index in [1.165, 1.54) is 0 Å². The highest BCUT2D eigenvalue weighted by atomic mass is 31.2. The number of ether oxygens (including phenoxy) is 1. The standard InChI is InChI=1S/C12H16N5O8P/c1-5(18)12(17-4-16-7-10(13)14-3-15-11(7)17)9(20)8(19)6(25-12)2-24-26(21,22)23/h3-4,6,8-9,19-20H,2H2,1H3,(H2,13,14,15)(H2,21,22,23)/t6-,8-,9-,12-/m1/s1. The Morgan fingerprint density at radius 1 is 1.42 bits per heavy atom. The number of nitrogens with two attached hydrogens (primary N) is 1. The minimum Gasteiger partial charge on any atom is -0.387 e. The molecule has 14 heteroatoms. The zero-order valence-electron chi connectivity index (χ0n) is 13.3. The number of phosphoric ester groups is 1. The number of carbonyl (C=O) groups is 1. The molecule has 142 valence electrons. The number of imidazole rings is 1. The quantitative estimate of drug-likeness (QED) is 0.348. The van der Waals surface area contributed by atoms with E-state index in [0.717, 1.165) is 24.1 Å². The van der Waals surface area contributed by atoms with Gasteiger partial charge in [0, 0.05) is 0 Å². The first-order chi connectivity index (χ1) is 12.1. The normalized spacial score (nSPS) is 29.3. The molecule has 2 aromatic heterocycles. The second-order valence-corrected chi connectivity index (χ2v) is 6.92. The van der Waals surface area contributed by atoms with Crippen LogP contribution in [0.15, 0.2) is 12.7 Å². The Balaban J connectivity index is 2.06. The molecule has 3 heterocycles. The van der Waals surface area contributed by atoms with E-state index in [4.69, 9.17) is 20.3 Å². The lowest BCUT2D eigenvalue weighted by molar-refractivity contribution is -0.171. The molecule has 1 saturated heterocycles. The van der Waals surface area contributed by atoms with Gasteiger partial charge in [-0.2, -0.15) is 0 Å². The third-order valence-electron chi connectivity index (χ3n) is 4.07. The van der Waals surface area contributed by atoms with Crippen LogP contribution in [0.3, 0.4) is 0 Å². The number of aliphatic hydroxyl groups is 2. The van der Waals surface area contributed by atoms with Gasteiger partial charge >= 0.3 is 7.82 Å². The van der Waals surface area contributed by atoms with Crippen molar-refractivity contribution in [1.29, 1.82) is 0 Å². The Labute approximate surface area is 145 Å². The lowest BCUT2D eigenvalue weighted by Crippen LogP contribution is -2.50. The molecule has 0 radical (unpaired) electrons. The summed E-state index contributed by atoms with van der Waals surface area (Å²) in [5, 5.41) is 20.7.